The number of halogens is 1. The van der Waals surface area contributed by atoms with E-state index in [0.717, 1.165) is 17.4 Å². The van der Waals surface area contributed by atoms with Gasteiger partial charge in [-0.1, -0.05) is 53.8 Å². The van der Waals surface area contributed by atoms with Gasteiger partial charge in [-0.05, 0) is 42.8 Å². The molecule has 0 aliphatic carbocycles. The number of nitro benzene ring substituents is 1. The molecule has 1 unspecified atom stereocenters. The second-order valence-corrected chi connectivity index (χ2v) is 9.43. The van der Waals surface area contributed by atoms with Gasteiger partial charge in [0, 0.05) is 17.3 Å². The van der Waals surface area contributed by atoms with Crippen LogP contribution in [0, 0.1) is 15.9 Å². The highest BCUT2D eigenvalue weighted by Gasteiger charge is 2.32. The Bertz CT molecular complexity index is 1790. The molecular weight excluding hydrogens is 511 g/mol. The number of nitro groups is 1. The molecule has 0 fully saturated rings. The first-order valence-corrected chi connectivity index (χ1v) is 12.2. The largest absolute Gasteiger partial charge is 0.502 e. The molecule has 1 aromatic heterocycles. The van der Waals surface area contributed by atoms with Crippen molar-refractivity contribution in [2.45, 2.75) is 13.0 Å². The molecule has 0 saturated carbocycles. The number of benzene rings is 3. The summed E-state index contributed by atoms with van der Waals surface area (Å²) in [5.41, 5.74) is 0.689. The number of anilines is 1. The fraction of sp³-hybridized carbons (Fsp3) is 0.0741. The Morgan fingerprint density at radius 3 is 2.53 bits per heavy atom. The highest BCUT2D eigenvalue weighted by Crippen LogP contribution is 2.32. The predicted molar refractivity (Wildman–Crippen MR) is 140 cm³/mol. The molecule has 2 N–H and O–H groups in total. The summed E-state index contributed by atoms with van der Waals surface area (Å²) in [6.07, 6.45) is 1.34. The van der Waals surface area contributed by atoms with Crippen molar-refractivity contribution >= 4 is 34.7 Å². The molecule has 0 radical (unpaired) electrons. The van der Waals surface area contributed by atoms with Crippen molar-refractivity contribution in [1.82, 2.24) is 4.57 Å². The lowest BCUT2D eigenvalue weighted by atomic mass is 9.95. The molecule has 1 aliphatic heterocycles. The number of thiazole rings is 1. The minimum atomic E-state index is -0.920. The van der Waals surface area contributed by atoms with Gasteiger partial charge in [-0.15, -0.1) is 0 Å². The Kier molecular flexibility index (Phi) is 6.43. The number of fused-ring (bicyclic) bond motifs is 1. The lowest BCUT2D eigenvalue weighted by Crippen LogP contribution is -2.40. The number of aromatic hydroxyl groups is 1. The van der Waals surface area contributed by atoms with Gasteiger partial charge in [0.15, 0.2) is 4.80 Å². The number of hydrogen-bond acceptors (Lipinski definition) is 7. The summed E-state index contributed by atoms with van der Waals surface area (Å²) in [4.78, 5) is 42.4. The Morgan fingerprint density at radius 1 is 1.13 bits per heavy atom. The fourth-order valence-electron chi connectivity index (χ4n) is 4.25. The molecule has 1 atom stereocenters. The molecule has 38 heavy (non-hydrogen) atoms. The highest BCUT2D eigenvalue weighted by atomic mass is 32.1. The van der Waals surface area contributed by atoms with E-state index in [1.54, 1.807) is 31.2 Å². The second-order valence-electron chi connectivity index (χ2n) is 8.43. The number of nitrogens with zero attached hydrogens (tertiary/aromatic N) is 3. The van der Waals surface area contributed by atoms with Crippen molar-refractivity contribution in [3.05, 3.63) is 131 Å². The first-order valence-electron chi connectivity index (χ1n) is 11.4. The molecule has 5 rings (SSSR count). The van der Waals surface area contributed by atoms with Crippen molar-refractivity contribution in [2.24, 2.45) is 4.99 Å². The summed E-state index contributed by atoms with van der Waals surface area (Å²) in [5.74, 6) is -1.52. The number of phenolic OH excluding ortho intramolecular Hbond substituents is 1. The number of allylic oxidation sites excluding steroid dienone is 1. The smallest absolute Gasteiger partial charge is 0.311 e. The molecule has 1 amide bonds. The average Bonchev–Trinajstić information content (AvgIpc) is 3.19. The normalized spacial score (nSPS) is 15.1. The summed E-state index contributed by atoms with van der Waals surface area (Å²) >= 11 is 1.01. The SMILES string of the molecule is CC1=C(C(=O)Nc2ccccc2)C(c2ccc(F)cc2)n2c(s/c(=C\c3cccc([N+](=O)[O-])c3O)c2=O)=N1. The molecular formula is C27H19FN4O5S. The van der Waals surface area contributed by atoms with Crippen molar-refractivity contribution in [1.29, 1.82) is 0 Å². The van der Waals surface area contributed by atoms with Crippen LogP contribution in [-0.2, 0) is 4.79 Å². The van der Waals surface area contributed by atoms with E-state index in [9.17, 15) is 29.2 Å². The van der Waals surface area contributed by atoms with Crippen LogP contribution in [0.2, 0.25) is 0 Å². The highest BCUT2D eigenvalue weighted by molar-refractivity contribution is 7.07. The molecule has 3 aromatic carbocycles. The standard InChI is InChI=1S/C27H19FN4O5S/c1-15-22(25(34)30-19-7-3-2-4-8-19)23(16-10-12-18(28)13-11-16)31-26(35)21(38-27(31)29-15)14-17-6-5-9-20(24(17)33)32(36)37/h2-14,23,33H,1H3,(H,30,34)/b21-14-. The number of amides is 1. The van der Waals surface area contributed by atoms with E-state index >= 15 is 0 Å². The minimum Gasteiger partial charge on any atom is -0.502 e. The van der Waals surface area contributed by atoms with E-state index in [4.69, 9.17) is 0 Å². The third-order valence-corrected chi connectivity index (χ3v) is 7.00. The second kappa shape index (κ2) is 9.87. The molecule has 4 aromatic rings. The van der Waals surface area contributed by atoms with Gasteiger partial charge in [0.25, 0.3) is 11.5 Å². The zero-order valence-electron chi connectivity index (χ0n) is 19.8. The number of hydrogen-bond donors (Lipinski definition) is 2. The van der Waals surface area contributed by atoms with E-state index in [1.165, 1.54) is 47.0 Å². The number of carbonyl (C=O) groups is 1. The molecule has 0 bridgehead atoms. The molecule has 0 saturated heterocycles. The molecule has 2 heterocycles. The van der Waals surface area contributed by atoms with Crippen LogP contribution in [0.5, 0.6) is 5.75 Å². The first-order chi connectivity index (χ1) is 18.2. The van der Waals surface area contributed by atoms with Crippen molar-refractivity contribution < 1.29 is 19.2 Å². The molecule has 1 aliphatic rings. The zero-order chi connectivity index (χ0) is 27.0. The predicted octanol–water partition coefficient (Wildman–Crippen LogP) is 3.63. The summed E-state index contributed by atoms with van der Waals surface area (Å²) in [7, 11) is 0. The summed E-state index contributed by atoms with van der Waals surface area (Å²) in [6.45, 7) is 1.65. The third-order valence-electron chi connectivity index (χ3n) is 6.01. The van der Waals surface area contributed by atoms with Crippen LogP contribution in [0.4, 0.5) is 15.8 Å². The Labute approximate surface area is 218 Å². The van der Waals surface area contributed by atoms with E-state index in [-0.39, 0.29) is 20.5 Å². The monoisotopic (exact) mass is 530 g/mol. The van der Waals surface area contributed by atoms with Gasteiger partial charge in [-0.25, -0.2) is 9.38 Å². The number of aromatic nitrogens is 1. The van der Waals surface area contributed by atoms with Crippen molar-refractivity contribution in [3.8, 4) is 5.75 Å². The van der Waals surface area contributed by atoms with Crippen LogP contribution in [-0.4, -0.2) is 20.5 Å². The fourth-order valence-corrected chi connectivity index (χ4v) is 5.28. The zero-order valence-corrected chi connectivity index (χ0v) is 20.6. The van der Waals surface area contributed by atoms with Crippen LogP contribution in [0.25, 0.3) is 6.08 Å². The van der Waals surface area contributed by atoms with Crippen molar-refractivity contribution in [3.63, 3.8) is 0 Å². The Morgan fingerprint density at radius 2 is 1.84 bits per heavy atom. The summed E-state index contributed by atoms with van der Waals surface area (Å²) in [5, 5.41) is 24.4. The van der Waals surface area contributed by atoms with Crippen molar-refractivity contribution in [2.75, 3.05) is 5.32 Å². The third kappa shape index (κ3) is 4.50. The number of carbonyl (C=O) groups excluding carboxylic acids is 1. The van der Waals surface area contributed by atoms with Gasteiger partial charge in [0.05, 0.1) is 26.8 Å². The van der Waals surface area contributed by atoms with Crippen LogP contribution < -0.4 is 20.2 Å². The molecule has 11 heteroatoms. The lowest BCUT2D eigenvalue weighted by molar-refractivity contribution is -0.385. The van der Waals surface area contributed by atoms with E-state index in [1.807, 2.05) is 6.07 Å². The maximum Gasteiger partial charge on any atom is 0.311 e. The van der Waals surface area contributed by atoms with Gasteiger partial charge in [-0.3, -0.25) is 24.3 Å². The van der Waals surface area contributed by atoms with E-state index in [2.05, 4.69) is 10.3 Å². The van der Waals surface area contributed by atoms with Crippen LogP contribution >= 0.6 is 11.3 Å². The molecule has 9 nitrogen and oxygen atoms in total. The molecule has 0 spiro atoms. The lowest BCUT2D eigenvalue weighted by Gasteiger charge is -2.25. The van der Waals surface area contributed by atoms with Crippen LogP contribution in [0.3, 0.4) is 0 Å². The van der Waals surface area contributed by atoms with Gasteiger partial charge in [-0.2, -0.15) is 0 Å². The topological polar surface area (TPSA) is 127 Å². The van der Waals surface area contributed by atoms with Crippen LogP contribution in [0.15, 0.2) is 93.9 Å². The minimum absolute atomic E-state index is 0.0838. The number of para-hydroxylation sites is 2. The van der Waals surface area contributed by atoms with E-state index < -0.39 is 39.7 Å². The number of phenols is 1. The summed E-state index contributed by atoms with van der Waals surface area (Å²) in [6, 6.07) is 17.4. The van der Waals surface area contributed by atoms with Gasteiger partial charge >= 0.3 is 5.69 Å². The summed E-state index contributed by atoms with van der Waals surface area (Å²) < 4.78 is 15.3. The Balaban J connectivity index is 1.69. The first kappa shape index (κ1) is 24.8. The van der Waals surface area contributed by atoms with Gasteiger partial charge in [0.2, 0.25) is 5.75 Å². The quantitative estimate of drug-likeness (QED) is 0.301. The average molecular weight is 531 g/mol. The Hall–Kier alpha value is -4.90. The maximum absolute atomic E-state index is 13.8. The van der Waals surface area contributed by atoms with Gasteiger partial charge in [0.1, 0.15) is 5.82 Å². The number of nitrogens with one attached hydrogen (secondary N) is 1. The number of rotatable bonds is 5. The van der Waals surface area contributed by atoms with Crippen LogP contribution in [0.1, 0.15) is 24.1 Å². The maximum atomic E-state index is 13.8. The molecule has 190 valence electrons. The van der Waals surface area contributed by atoms with Gasteiger partial charge < -0.3 is 10.4 Å². The van der Waals surface area contributed by atoms with E-state index in [0.29, 0.717) is 16.9 Å².